The molecule has 2 nitrogen and oxygen atoms in total. The smallest absolute Gasteiger partial charge is 0.129 e. The molecule has 0 N–H and O–H groups in total. The molecule has 1 aliphatic carbocycles. The summed E-state index contributed by atoms with van der Waals surface area (Å²) in [7, 11) is 0. The molecule has 1 aromatic carbocycles. The first kappa shape index (κ1) is 16.2. The van der Waals surface area contributed by atoms with Gasteiger partial charge in [-0.05, 0) is 61.4 Å². The minimum absolute atomic E-state index is 0.891. The molecule has 1 saturated heterocycles. The van der Waals surface area contributed by atoms with Gasteiger partial charge in [0.05, 0.1) is 5.52 Å². The number of hydrogen-bond donors (Lipinski definition) is 0. The maximum absolute atomic E-state index is 6.55. The highest BCUT2D eigenvalue weighted by Crippen LogP contribution is 2.32. The first-order valence-electron chi connectivity index (χ1n) is 9.64. The first-order valence-corrected chi connectivity index (χ1v) is 10.0. The molecule has 128 valence electrons. The van der Waals surface area contributed by atoms with Crippen molar-refractivity contribution >= 4 is 28.3 Å². The average molecular weight is 343 g/mol. The molecular formula is C21H27ClN2. The molecule has 24 heavy (non-hydrogen) atoms. The van der Waals surface area contributed by atoms with Gasteiger partial charge in [-0.2, -0.15) is 0 Å². The van der Waals surface area contributed by atoms with Crippen LogP contribution in [0.15, 0.2) is 24.3 Å². The Labute approximate surface area is 150 Å². The Morgan fingerprint density at radius 1 is 0.958 bits per heavy atom. The molecule has 0 unspecified atom stereocenters. The van der Waals surface area contributed by atoms with Gasteiger partial charge in [-0.25, -0.2) is 4.98 Å². The van der Waals surface area contributed by atoms with Crippen LogP contribution in [0.4, 0.5) is 5.82 Å². The fraction of sp³-hybridized carbons (Fsp3) is 0.571. The summed E-state index contributed by atoms with van der Waals surface area (Å²) < 4.78 is 0. The third-order valence-corrected chi connectivity index (χ3v) is 6.22. The number of fused-ring (bicyclic) bond motifs is 1. The van der Waals surface area contributed by atoms with Crippen LogP contribution >= 0.6 is 11.6 Å². The van der Waals surface area contributed by atoms with E-state index in [1.807, 2.05) is 6.07 Å². The lowest BCUT2D eigenvalue weighted by Gasteiger charge is -2.22. The van der Waals surface area contributed by atoms with E-state index in [4.69, 9.17) is 16.6 Å². The van der Waals surface area contributed by atoms with Crippen molar-refractivity contribution in [1.29, 1.82) is 0 Å². The molecule has 3 heteroatoms. The number of rotatable bonds is 4. The minimum atomic E-state index is 0.891. The van der Waals surface area contributed by atoms with E-state index in [0.717, 1.165) is 41.8 Å². The number of aryl methyl sites for hydroxylation is 1. The molecule has 4 rings (SSSR count). The van der Waals surface area contributed by atoms with E-state index in [-0.39, 0.29) is 0 Å². The second-order valence-electron chi connectivity index (χ2n) is 7.50. The summed E-state index contributed by atoms with van der Waals surface area (Å²) in [5.41, 5.74) is 2.41. The molecule has 1 saturated carbocycles. The van der Waals surface area contributed by atoms with Gasteiger partial charge < -0.3 is 4.90 Å². The SMILES string of the molecule is Clc1ccc2nc(N3CCCC3)ccc2c1CCC1CCCCC1. The summed E-state index contributed by atoms with van der Waals surface area (Å²) in [4.78, 5) is 7.32. The topological polar surface area (TPSA) is 16.1 Å². The van der Waals surface area contributed by atoms with Crippen LogP contribution in [0, 0.1) is 5.92 Å². The van der Waals surface area contributed by atoms with E-state index in [0.29, 0.717) is 0 Å². The third kappa shape index (κ3) is 3.39. The molecule has 2 aromatic rings. The Bertz CT molecular complexity index is 700. The lowest BCUT2D eigenvalue weighted by molar-refractivity contribution is 0.339. The number of benzene rings is 1. The second-order valence-corrected chi connectivity index (χ2v) is 7.91. The van der Waals surface area contributed by atoms with E-state index in [9.17, 15) is 0 Å². The van der Waals surface area contributed by atoms with Gasteiger partial charge in [0.15, 0.2) is 0 Å². The van der Waals surface area contributed by atoms with Gasteiger partial charge in [0.1, 0.15) is 5.82 Å². The van der Waals surface area contributed by atoms with Crippen LogP contribution < -0.4 is 4.90 Å². The lowest BCUT2D eigenvalue weighted by Crippen LogP contribution is -2.18. The van der Waals surface area contributed by atoms with Gasteiger partial charge in [0.2, 0.25) is 0 Å². The Hall–Kier alpha value is -1.28. The lowest BCUT2D eigenvalue weighted by atomic mass is 9.85. The monoisotopic (exact) mass is 342 g/mol. The highest BCUT2D eigenvalue weighted by Gasteiger charge is 2.17. The summed E-state index contributed by atoms with van der Waals surface area (Å²) >= 11 is 6.55. The van der Waals surface area contributed by atoms with Crippen LogP contribution in [-0.4, -0.2) is 18.1 Å². The van der Waals surface area contributed by atoms with Crippen LogP contribution in [0.1, 0.15) is 56.9 Å². The van der Waals surface area contributed by atoms with Crippen LogP contribution in [0.25, 0.3) is 10.9 Å². The minimum Gasteiger partial charge on any atom is -0.357 e. The number of halogens is 1. The molecule has 0 bridgehead atoms. The Kier molecular flexibility index (Phi) is 4.93. The van der Waals surface area contributed by atoms with E-state index < -0.39 is 0 Å². The zero-order chi connectivity index (χ0) is 16.4. The van der Waals surface area contributed by atoms with Crippen molar-refractivity contribution in [2.75, 3.05) is 18.0 Å². The zero-order valence-corrected chi connectivity index (χ0v) is 15.2. The second kappa shape index (κ2) is 7.31. The fourth-order valence-corrected chi connectivity index (χ4v) is 4.69. The van der Waals surface area contributed by atoms with Crippen LogP contribution in [-0.2, 0) is 6.42 Å². The highest BCUT2D eigenvalue weighted by atomic mass is 35.5. The molecule has 0 radical (unpaired) electrons. The average Bonchev–Trinajstić information content (AvgIpc) is 3.16. The van der Waals surface area contributed by atoms with Crippen molar-refractivity contribution in [3.05, 3.63) is 34.9 Å². The van der Waals surface area contributed by atoms with Crippen molar-refractivity contribution in [3.8, 4) is 0 Å². The van der Waals surface area contributed by atoms with Crippen LogP contribution in [0.5, 0.6) is 0 Å². The molecule has 0 spiro atoms. The Morgan fingerprint density at radius 2 is 1.75 bits per heavy atom. The maximum atomic E-state index is 6.55. The predicted molar refractivity (Wildman–Crippen MR) is 103 cm³/mol. The molecular weight excluding hydrogens is 316 g/mol. The predicted octanol–water partition coefficient (Wildman–Crippen LogP) is 6.00. The standard InChI is InChI=1S/C21H27ClN2/c22-19-11-12-20-18(10-13-21(23-20)24-14-4-5-15-24)17(19)9-8-16-6-2-1-3-7-16/h10-13,16H,1-9,14-15H2. The normalized spacial score (nSPS) is 19.3. The quantitative estimate of drug-likeness (QED) is 0.677. The number of pyridine rings is 1. The van der Waals surface area contributed by atoms with Crippen molar-refractivity contribution in [1.82, 2.24) is 4.98 Å². The van der Waals surface area contributed by atoms with Crippen molar-refractivity contribution in [2.24, 2.45) is 5.92 Å². The number of hydrogen-bond acceptors (Lipinski definition) is 2. The van der Waals surface area contributed by atoms with E-state index in [2.05, 4.69) is 23.1 Å². The summed E-state index contributed by atoms with van der Waals surface area (Å²) in [5, 5.41) is 2.16. The van der Waals surface area contributed by atoms with E-state index >= 15 is 0 Å². The molecule has 0 amide bonds. The number of nitrogens with zero attached hydrogens (tertiary/aromatic N) is 2. The fourth-order valence-electron chi connectivity index (χ4n) is 4.43. The summed E-state index contributed by atoms with van der Waals surface area (Å²) in [6.45, 7) is 2.28. The largest absolute Gasteiger partial charge is 0.357 e. The van der Waals surface area contributed by atoms with Gasteiger partial charge in [0.25, 0.3) is 0 Å². The van der Waals surface area contributed by atoms with Crippen molar-refractivity contribution in [2.45, 2.75) is 57.8 Å². The zero-order valence-electron chi connectivity index (χ0n) is 14.4. The van der Waals surface area contributed by atoms with Gasteiger partial charge in [-0.15, -0.1) is 0 Å². The van der Waals surface area contributed by atoms with Gasteiger partial charge in [0, 0.05) is 23.5 Å². The Balaban J connectivity index is 1.57. The number of aromatic nitrogens is 1. The van der Waals surface area contributed by atoms with Gasteiger partial charge >= 0.3 is 0 Å². The summed E-state index contributed by atoms with van der Waals surface area (Å²) in [6, 6.07) is 8.56. The molecule has 2 aliphatic rings. The van der Waals surface area contributed by atoms with E-state index in [1.165, 1.54) is 62.3 Å². The molecule has 2 fully saturated rings. The maximum Gasteiger partial charge on any atom is 0.129 e. The molecule has 2 heterocycles. The highest BCUT2D eigenvalue weighted by molar-refractivity contribution is 6.32. The van der Waals surface area contributed by atoms with Crippen molar-refractivity contribution in [3.63, 3.8) is 0 Å². The van der Waals surface area contributed by atoms with Gasteiger partial charge in [-0.1, -0.05) is 43.7 Å². The molecule has 1 aromatic heterocycles. The van der Waals surface area contributed by atoms with Crippen molar-refractivity contribution < 1.29 is 0 Å². The Morgan fingerprint density at radius 3 is 2.54 bits per heavy atom. The van der Waals surface area contributed by atoms with E-state index in [1.54, 1.807) is 0 Å². The molecule has 0 atom stereocenters. The van der Waals surface area contributed by atoms with Gasteiger partial charge in [-0.3, -0.25) is 0 Å². The number of anilines is 1. The summed E-state index contributed by atoms with van der Waals surface area (Å²) in [6.07, 6.45) is 12.0. The van der Waals surface area contributed by atoms with Crippen LogP contribution in [0.2, 0.25) is 5.02 Å². The third-order valence-electron chi connectivity index (χ3n) is 5.87. The molecule has 1 aliphatic heterocycles. The summed E-state index contributed by atoms with van der Waals surface area (Å²) in [5.74, 6) is 2.02. The first-order chi connectivity index (χ1) is 11.8. The van der Waals surface area contributed by atoms with Crippen LogP contribution in [0.3, 0.4) is 0 Å².